The number of carbonyl (C=O) groups excluding carboxylic acids is 3. The van der Waals surface area contributed by atoms with E-state index in [0.717, 1.165) is 11.8 Å². The third kappa shape index (κ3) is 4.22. The highest BCUT2D eigenvalue weighted by Gasteiger charge is 2.35. The molecular formula is C19H28N2O3. The van der Waals surface area contributed by atoms with Crippen LogP contribution in [0.3, 0.4) is 0 Å². The fraction of sp³-hybridized carbons (Fsp3) is 0.526. The minimum absolute atomic E-state index is 0.134. The molecule has 1 aliphatic rings. The van der Waals surface area contributed by atoms with Gasteiger partial charge >= 0.3 is 0 Å². The first-order valence-electron chi connectivity index (χ1n) is 8.58. The van der Waals surface area contributed by atoms with Crippen molar-refractivity contribution in [2.24, 2.45) is 0 Å². The summed E-state index contributed by atoms with van der Waals surface area (Å²) in [5, 5.41) is 2.58. The second-order valence-corrected chi connectivity index (χ2v) is 5.88. The highest BCUT2D eigenvalue weighted by Crippen LogP contribution is 2.29. The van der Waals surface area contributed by atoms with Crippen molar-refractivity contribution in [3.8, 4) is 0 Å². The minimum Gasteiger partial charge on any atom is -0.357 e. The van der Waals surface area contributed by atoms with Crippen molar-refractivity contribution < 1.29 is 14.4 Å². The molecule has 0 aliphatic carbocycles. The summed E-state index contributed by atoms with van der Waals surface area (Å²) in [6.07, 6.45) is 1.38. The maximum atomic E-state index is 12.6. The summed E-state index contributed by atoms with van der Waals surface area (Å²) >= 11 is 0. The maximum absolute atomic E-state index is 12.6. The number of fused-ring (bicyclic) bond motifs is 1. The first-order chi connectivity index (χ1) is 11.5. The van der Waals surface area contributed by atoms with Gasteiger partial charge in [-0.15, -0.1) is 0 Å². The Morgan fingerprint density at radius 2 is 2.00 bits per heavy atom. The molecule has 132 valence electrons. The Labute approximate surface area is 144 Å². The van der Waals surface area contributed by atoms with Crippen molar-refractivity contribution in [2.45, 2.75) is 59.0 Å². The van der Waals surface area contributed by atoms with Crippen molar-refractivity contribution in [2.75, 3.05) is 7.05 Å². The van der Waals surface area contributed by atoms with Crippen LogP contribution in [0.25, 0.3) is 0 Å². The molecule has 0 spiro atoms. The lowest BCUT2D eigenvalue weighted by atomic mass is 9.98. The summed E-state index contributed by atoms with van der Waals surface area (Å²) < 4.78 is 0. The molecule has 1 unspecified atom stereocenters. The van der Waals surface area contributed by atoms with Crippen molar-refractivity contribution in [1.82, 2.24) is 10.2 Å². The van der Waals surface area contributed by atoms with Gasteiger partial charge in [-0.25, -0.2) is 0 Å². The van der Waals surface area contributed by atoms with Gasteiger partial charge in [0.2, 0.25) is 5.91 Å². The molecule has 1 N–H and O–H groups in total. The Kier molecular flexibility index (Phi) is 7.62. The number of hydrogen-bond donors (Lipinski definition) is 1. The van der Waals surface area contributed by atoms with Gasteiger partial charge in [-0.3, -0.25) is 9.59 Å². The second kappa shape index (κ2) is 9.21. The smallest absolute Gasteiger partial charge is 0.255 e. The first-order valence-corrected chi connectivity index (χ1v) is 8.58. The van der Waals surface area contributed by atoms with Gasteiger partial charge in [0.05, 0.1) is 0 Å². The summed E-state index contributed by atoms with van der Waals surface area (Å²) in [6.45, 7) is 8.63. The summed E-state index contributed by atoms with van der Waals surface area (Å²) in [4.78, 5) is 36.8. The molecule has 1 heterocycles. The van der Waals surface area contributed by atoms with Gasteiger partial charge in [0, 0.05) is 25.6 Å². The Bertz CT molecular complexity index is 596. The molecule has 0 saturated carbocycles. The van der Waals surface area contributed by atoms with E-state index in [-0.39, 0.29) is 18.2 Å². The molecule has 0 fully saturated rings. The van der Waals surface area contributed by atoms with Crippen LogP contribution in [-0.4, -0.2) is 36.1 Å². The van der Waals surface area contributed by atoms with Gasteiger partial charge < -0.3 is 15.0 Å². The third-order valence-corrected chi connectivity index (χ3v) is 4.11. The molecule has 5 heteroatoms. The first kappa shape index (κ1) is 19.9. The lowest BCUT2D eigenvalue weighted by Gasteiger charge is -2.25. The van der Waals surface area contributed by atoms with E-state index in [1.54, 1.807) is 11.9 Å². The van der Waals surface area contributed by atoms with Crippen LogP contribution in [0, 0.1) is 0 Å². The predicted molar refractivity (Wildman–Crippen MR) is 94.9 cm³/mol. The fourth-order valence-electron chi connectivity index (χ4n) is 2.79. The zero-order valence-electron chi connectivity index (χ0n) is 15.3. The lowest BCUT2D eigenvalue weighted by Crippen LogP contribution is -2.46. The van der Waals surface area contributed by atoms with Gasteiger partial charge in [0.1, 0.15) is 12.3 Å². The van der Waals surface area contributed by atoms with E-state index in [1.807, 2.05) is 32.0 Å². The number of nitrogens with one attached hydrogen (secondary N) is 1. The molecule has 1 aromatic carbocycles. The SMILES string of the molecule is CC.CNC(=O)C(CCC=O)N1Cc2cc(C(C)C)ccc2C1=O. The van der Waals surface area contributed by atoms with Crippen molar-refractivity contribution in [3.05, 3.63) is 34.9 Å². The molecular weight excluding hydrogens is 304 g/mol. The number of hydrogen-bond acceptors (Lipinski definition) is 3. The normalized spacial score (nSPS) is 13.9. The van der Waals surface area contributed by atoms with Crippen LogP contribution in [0.5, 0.6) is 0 Å². The number of carbonyl (C=O) groups is 3. The number of amides is 2. The van der Waals surface area contributed by atoms with E-state index < -0.39 is 6.04 Å². The monoisotopic (exact) mass is 332 g/mol. The predicted octanol–water partition coefficient (Wildman–Crippen LogP) is 2.89. The van der Waals surface area contributed by atoms with Crippen LogP contribution in [0.15, 0.2) is 18.2 Å². The fourth-order valence-corrected chi connectivity index (χ4v) is 2.79. The molecule has 0 aromatic heterocycles. The van der Waals surface area contributed by atoms with E-state index in [4.69, 9.17) is 0 Å². The number of likely N-dealkylation sites (N-methyl/N-ethyl adjacent to an activating group) is 1. The van der Waals surface area contributed by atoms with Crippen LogP contribution < -0.4 is 5.32 Å². The van der Waals surface area contributed by atoms with Crippen LogP contribution in [0.4, 0.5) is 0 Å². The highest BCUT2D eigenvalue weighted by atomic mass is 16.2. The Balaban J connectivity index is 0.00000139. The molecule has 1 aliphatic heterocycles. The van der Waals surface area contributed by atoms with E-state index in [2.05, 4.69) is 19.2 Å². The van der Waals surface area contributed by atoms with E-state index >= 15 is 0 Å². The maximum Gasteiger partial charge on any atom is 0.255 e. The zero-order valence-corrected chi connectivity index (χ0v) is 15.3. The van der Waals surface area contributed by atoms with Crippen molar-refractivity contribution in [1.29, 1.82) is 0 Å². The number of rotatable bonds is 6. The largest absolute Gasteiger partial charge is 0.357 e. The Morgan fingerprint density at radius 3 is 2.54 bits per heavy atom. The second-order valence-electron chi connectivity index (χ2n) is 5.88. The summed E-state index contributed by atoms with van der Waals surface area (Å²) in [5.74, 6) is 0.0242. The highest BCUT2D eigenvalue weighted by molar-refractivity contribution is 6.01. The molecule has 5 nitrogen and oxygen atoms in total. The minimum atomic E-state index is -0.599. The van der Waals surface area contributed by atoms with E-state index in [0.29, 0.717) is 24.4 Å². The summed E-state index contributed by atoms with van der Waals surface area (Å²) in [6, 6.07) is 5.25. The molecule has 24 heavy (non-hydrogen) atoms. The van der Waals surface area contributed by atoms with Crippen LogP contribution in [0.1, 0.15) is 67.9 Å². The summed E-state index contributed by atoms with van der Waals surface area (Å²) in [7, 11) is 1.54. The van der Waals surface area contributed by atoms with Crippen LogP contribution in [0.2, 0.25) is 0 Å². The van der Waals surface area contributed by atoms with Gasteiger partial charge in [-0.2, -0.15) is 0 Å². The van der Waals surface area contributed by atoms with Gasteiger partial charge in [0.15, 0.2) is 0 Å². The molecule has 1 atom stereocenters. The molecule has 0 bridgehead atoms. The molecule has 1 aromatic rings. The molecule has 2 amide bonds. The standard InChI is InChI=1S/C17H22N2O3.C2H6/c1-11(2)12-6-7-14-13(9-12)10-19(17(14)22)15(5-4-8-20)16(21)18-3;1-2/h6-9,11,15H,4-5,10H2,1-3H3,(H,18,21);1-2H3. The van der Waals surface area contributed by atoms with Gasteiger partial charge in [-0.1, -0.05) is 39.8 Å². The molecule has 0 saturated heterocycles. The van der Waals surface area contributed by atoms with Crippen LogP contribution in [-0.2, 0) is 16.1 Å². The van der Waals surface area contributed by atoms with Gasteiger partial charge in [-0.05, 0) is 29.5 Å². The Hall–Kier alpha value is -2.17. The van der Waals surface area contributed by atoms with Crippen LogP contribution >= 0.6 is 0 Å². The van der Waals surface area contributed by atoms with E-state index in [9.17, 15) is 14.4 Å². The molecule has 0 radical (unpaired) electrons. The van der Waals surface area contributed by atoms with E-state index in [1.165, 1.54) is 5.56 Å². The average molecular weight is 332 g/mol. The zero-order chi connectivity index (χ0) is 18.3. The average Bonchev–Trinajstić information content (AvgIpc) is 2.93. The number of benzene rings is 1. The Morgan fingerprint density at radius 1 is 1.33 bits per heavy atom. The summed E-state index contributed by atoms with van der Waals surface area (Å²) in [5.41, 5.74) is 2.79. The quantitative estimate of drug-likeness (QED) is 0.815. The molecule has 2 rings (SSSR count). The van der Waals surface area contributed by atoms with Crippen molar-refractivity contribution >= 4 is 18.1 Å². The van der Waals surface area contributed by atoms with Crippen molar-refractivity contribution in [3.63, 3.8) is 0 Å². The topological polar surface area (TPSA) is 66.5 Å². The number of nitrogens with zero attached hydrogens (tertiary/aromatic N) is 1. The third-order valence-electron chi connectivity index (χ3n) is 4.11. The lowest BCUT2D eigenvalue weighted by molar-refractivity contribution is -0.125. The van der Waals surface area contributed by atoms with Gasteiger partial charge in [0.25, 0.3) is 5.91 Å². The number of aldehydes is 1.